The standard InChI is InChI=1S/C10H19BrO4S/c1-7(2)9(4-14-3)15-10-6-16(12,13)5-8(10)11/h7-10H,4-6H2,1-3H3. The third-order valence-corrected chi connectivity index (χ3v) is 5.70. The summed E-state index contributed by atoms with van der Waals surface area (Å²) >= 11 is 3.36. The second kappa shape index (κ2) is 5.80. The van der Waals surface area contributed by atoms with Crippen LogP contribution in [-0.2, 0) is 19.3 Å². The lowest BCUT2D eigenvalue weighted by molar-refractivity contribution is -0.0576. The minimum atomic E-state index is -2.94. The fourth-order valence-corrected chi connectivity index (χ4v) is 5.09. The van der Waals surface area contributed by atoms with Gasteiger partial charge < -0.3 is 9.47 Å². The third kappa shape index (κ3) is 3.98. The van der Waals surface area contributed by atoms with Crippen molar-refractivity contribution in [3.05, 3.63) is 0 Å². The molecule has 16 heavy (non-hydrogen) atoms. The molecular weight excluding hydrogens is 296 g/mol. The maximum absolute atomic E-state index is 11.4. The number of hydrogen-bond donors (Lipinski definition) is 0. The van der Waals surface area contributed by atoms with E-state index in [9.17, 15) is 8.42 Å². The van der Waals surface area contributed by atoms with E-state index in [2.05, 4.69) is 15.9 Å². The lowest BCUT2D eigenvalue weighted by Crippen LogP contribution is -2.34. The summed E-state index contributed by atoms with van der Waals surface area (Å²) in [5, 5.41) is 0. The smallest absolute Gasteiger partial charge is 0.154 e. The summed E-state index contributed by atoms with van der Waals surface area (Å²) in [7, 11) is -1.32. The molecule has 0 saturated carbocycles. The molecule has 3 unspecified atom stereocenters. The highest BCUT2D eigenvalue weighted by Gasteiger charge is 2.38. The zero-order valence-corrected chi connectivity index (χ0v) is 12.3. The van der Waals surface area contributed by atoms with E-state index in [0.717, 1.165) is 0 Å². The number of ether oxygens (including phenoxy) is 2. The van der Waals surface area contributed by atoms with E-state index in [1.54, 1.807) is 7.11 Å². The molecule has 0 radical (unpaired) electrons. The zero-order chi connectivity index (χ0) is 12.3. The number of halogens is 1. The Labute approximate surface area is 106 Å². The van der Waals surface area contributed by atoms with E-state index in [1.807, 2.05) is 13.8 Å². The van der Waals surface area contributed by atoms with E-state index in [0.29, 0.717) is 12.5 Å². The molecule has 0 aromatic rings. The molecule has 0 aromatic carbocycles. The largest absolute Gasteiger partial charge is 0.382 e. The van der Waals surface area contributed by atoms with Crippen LogP contribution in [0.15, 0.2) is 0 Å². The van der Waals surface area contributed by atoms with Gasteiger partial charge in [-0.25, -0.2) is 8.42 Å². The van der Waals surface area contributed by atoms with Gasteiger partial charge in [0, 0.05) is 7.11 Å². The van der Waals surface area contributed by atoms with E-state index < -0.39 is 9.84 Å². The Morgan fingerprint density at radius 2 is 2.00 bits per heavy atom. The lowest BCUT2D eigenvalue weighted by Gasteiger charge is -2.25. The van der Waals surface area contributed by atoms with Crippen molar-refractivity contribution in [2.75, 3.05) is 25.2 Å². The van der Waals surface area contributed by atoms with Crippen LogP contribution in [0.4, 0.5) is 0 Å². The Balaban J connectivity index is 2.59. The van der Waals surface area contributed by atoms with Crippen molar-refractivity contribution >= 4 is 25.8 Å². The Morgan fingerprint density at radius 3 is 2.38 bits per heavy atom. The molecule has 1 saturated heterocycles. The number of sulfone groups is 1. The molecule has 0 spiro atoms. The van der Waals surface area contributed by atoms with E-state index in [1.165, 1.54) is 0 Å². The van der Waals surface area contributed by atoms with Crippen LogP contribution in [0.5, 0.6) is 0 Å². The van der Waals surface area contributed by atoms with Crippen molar-refractivity contribution in [2.24, 2.45) is 5.92 Å². The molecule has 0 amide bonds. The first kappa shape index (κ1) is 14.4. The molecule has 1 rings (SSSR count). The van der Waals surface area contributed by atoms with Gasteiger partial charge in [0.05, 0.1) is 35.1 Å². The second-order valence-electron chi connectivity index (χ2n) is 4.51. The molecule has 4 nitrogen and oxygen atoms in total. The van der Waals surface area contributed by atoms with Crippen LogP contribution in [0.2, 0.25) is 0 Å². The van der Waals surface area contributed by atoms with Gasteiger partial charge in [-0.1, -0.05) is 29.8 Å². The minimum Gasteiger partial charge on any atom is -0.382 e. The van der Waals surface area contributed by atoms with Gasteiger partial charge in [-0.2, -0.15) is 0 Å². The Morgan fingerprint density at radius 1 is 1.38 bits per heavy atom. The van der Waals surface area contributed by atoms with Crippen molar-refractivity contribution in [3.8, 4) is 0 Å². The second-order valence-corrected chi connectivity index (χ2v) is 7.84. The van der Waals surface area contributed by atoms with E-state index in [4.69, 9.17) is 9.47 Å². The van der Waals surface area contributed by atoms with Crippen LogP contribution in [0.1, 0.15) is 13.8 Å². The minimum absolute atomic E-state index is 0.0525. The normalized spacial score (nSPS) is 30.8. The molecule has 0 bridgehead atoms. The number of rotatable bonds is 5. The summed E-state index contributed by atoms with van der Waals surface area (Å²) in [4.78, 5) is -0.101. The fourth-order valence-electron chi connectivity index (χ4n) is 1.67. The van der Waals surface area contributed by atoms with Gasteiger partial charge in [-0.05, 0) is 5.92 Å². The Bertz CT molecular complexity index is 315. The van der Waals surface area contributed by atoms with Crippen LogP contribution < -0.4 is 0 Å². The van der Waals surface area contributed by atoms with Gasteiger partial charge in [0.15, 0.2) is 9.84 Å². The first-order chi connectivity index (χ1) is 7.35. The highest BCUT2D eigenvalue weighted by Crippen LogP contribution is 2.25. The summed E-state index contributed by atoms with van der Waals surface area (Å²) < 4.78 is 33.7. The average molecular weight is 315 g/mol. The van der Waals surface area contributed by atoms with Crippen molar-refractivity contribution in [3.63, 3.8) is 0 Å². The predicted octanol–water partition coefficient (Wildman–Crippen LogP) is 1.23. The van der Waals surface area contributed by atoms with Crippen LogP contribution in [0, 0.1) is 5.92 Å². The monoisotopic (exact) mass is 314 g/mol. The summed E-state index contributed by atoms with van der Waals surface area (Å²) in [6, 6.07) is 0. The van der Waals surface area contributed by atoms with Crippen molar-refractivity contribution < 1.29 is 17.9 Å². The van der Waals surface area contributed by atoms with Crippen LogP contribution >= 0.6 is 15.9 Å². The van der Waals surface area contributed by atoms with Crippen LogP contribution in [0.3, 0.4) is 0 Å². The third-order valence-electron chi connectivity index (χ3n) is 2.66. The van der Waals surface area contributed by atoms with Crippen molar-refractivity contribution in [1.82, 2.24) is 0 Å². The van der Waals surface area contributed by atoms with Crippen molar-refractivity contribution in [2.45, 2.75) is 30.9 Å². The highest BCUT2D eigenvalue weighted by atomic mass is 79.9. The van der Waals surface area contributed by atoms with Gasteiger partial charge in [-0.3, -0.25) is 0 Å². The maximum atomic E-state index is 11.4. The molecule has 96 valence electrons. The summed E-state index contributed by atoms with van der Waals surface area (Å²) in [5.41, 5.74) is 0. The zero-order valence-electron chi connectivity index (χ0n) is 9.85. The molecule has 0 aromatic heterocycles. The van der Waals surface area contributed by atoms with Crippen LogP contribution in [-0.4, -0.2) is 50.7 Å². The fraction of sp³-hybridized carbons (Fsp3) is 1.00. The average Bonchev–Trinajstić information content (AvgIpc) is 2.38. The molecule has 1 aliphatic heterocycles. The molecule has 6 heteroatoms. The Kier molecular flexibility index (Phi) is 5.22. The lowest BCUT2D eigenvalue weighted by atomic mass is 10.1. The molecule has 1 heterocycles. The molecule has 3 atom stereocenters. The quantitative estimate of drug-likeness (QED) is 0.716. The molecule has 1 fully saturated rings. The predicted molar refractivity (Wildman–Crippen MR) is 66.7 cm³/mol. The molecule has 1 aliphatic rings. The van der Waals surface area contributed by atoms with Gasteiger partial charge in [0.1, 0.15) is 0 Å². The number of hydrogen-bond acceptors (Lipinski definition) is 4. The van der Waals surface area contributed by atoms with Crippen molar-refractivity contribution in [1.29, 1.82) is 0 Å². The SMILES string of the molecule is COCC(OC1CS(=O)(=O)CC1Br)C(C)C. The molecule has 0 N–H and O–H groups in total. The summed E-state index contributed by atoms with van der Waals surface area (Å²) in [6.45, 7) is 4.57. The van der Waals surface area contributed by atoms with Gasteiger partial charge in [0.2, 0.25) is 0 Å². The van der Waals surface area contributed by atoms with Gasteiger partial charge in [-0.15, -0.1) is 0 Å². The highest BCUT2D eigenvalue weighted by molar-refractivity contribution is 9.09. The maximum Gasteiger partial charge on any atom is 0.154 e. The summed E-state index contributed by atoms with van der Waals surface area (Å²) in [6.07, 6.45) is -0.309. The van der Waals surface area contributed by atoms with E-state index >= 15 is 0 Å². The van der Waals surface area contributed by atoms with E-state index in [-0.39, 0.29) is 28.5 Å². The first-order valence-electron chi connectivity index (χ1n) is 5.34. The first-order valence-corrected chi connectivity index (χ1v) is 8.08. The van der Waals surface area contributed by atoms with Gasteiger partial charge >= 0.3 is 0 Å². The number of alkyl halides is 1. The molecular formula is C10H19BrO4S. The summed E-state index contributed by atoms with van der Waals surface area (Å²) in [5.74, 6) is 0.577. The molecule has 0 aliphatic carbocycles. The van der Waals surface area contributed by atoms with Crippen LogP contribution in [0.25, 0.3) is 0 Å². The number of methoxy groups -OCH3 is 1. The Hall–Kier alpha value is 0.350. The van der Waals surface area contributed by atoms with Gasteiger partial charge in [0.25, 0.3) is 0 Å². The topological polar surface area (TPSA) is 52.6 Å².